The molecule has 0 aliphatic heterocycles. The first kappa shape index (κ1) is 9.70. The third-order valence-corrected chi connectivity index (χ3v) is 1.59. The van der Waals surface area contributed by atoms with Gasteiger partial charge in [0.05, 0.1) is 13.0 Å². The second-order valence-electron chi connectivity index (χ2n) is 2.61. The third kappa shape index (κ3) is 2.85. The van der Waals surface area contributed by atoms with E-state index in [1.54, 1.807) is 6.07 Å². The van der Waals surface area contributed by atoms with Crippen molar-refractivity contribution >= 4 is 5.97 Å². The summed E-state index contributed by atoms with van der Waals surface area (Å²) < 4.78 is 25.1. The Bertz CT molecular complexity index is 296. The van der Waals surface area contributed by atoms with E-state index in [4.69, 9.17) is 5.11 Å². The minimum absolute atomic E-state index is 0.223. The first-order valence-corrected chi connectivity index (χ1v) is 3.73. The average Bonchev–Trinajstić information content (AvgIpc) is 2.34. The fraction of sp³-hybridized carbons (Fsp3) is 0.375. The molecule has 72 valence electrons. The predicted molar refractivity (Wildman–Crippen MR) is 41.8 cm³/mol. The Balaban J connectivity index is 2.71. The molecule has 1 N–H and O–H groups in total. The smallest absolute Gasteiger partial charge is 0.309 e. The van der Waals surface area contributed by atoms with Gasteiger partial charge in [-0.05, 0) is 12.1 Å². The highest BCUT2D eigenvalue weighted by Crippen LogP contribution is 2.06. The molecule has 0 aliphatic rings. The van der Waals surface area contributed by atoms with Crippen molar-refractivity contribution in [2.24, 2.45) is 0 Å². The van der Waals surface area contributed by atoms with Gasteiger partial charge in [0.15, 0.2) is 0 Å². The van der Waals surface area contributed by atoms with Gasteiger partial charge >= 0.3 is 5.97 Å². The molecule has 5 heteroatoms. The number of hydrogen-bond donors (Lipinski definition) is 1. The minimum Gasteiger partial charge on any atom is -0.481 e. The molecule has 1 aromatic heterocycles. The van der Waals surface area contributed by atoms with E-state index in [9.17, 15) is 13.6 Å². The summed E-state index contributed by atoms with van der Waals surface area (Å²) in [6, 6.07) is 3.08. The summed E-state index contributed by atoms with van der Waals surface area (Å²) in [4.78, 5) is 10.3. The second kappa shape index (κ2) is 4.02. The van der Waals surface area contributed by atoms with Crippen molar-refractivity contribution in [2.75, 3.05) is 0 Å². The van der Waals surface area contributed by atoms with Crippen LogP contribution in [-0.2, 0) is 17.8 Å². The number of carbonyl (C=O) groups is 1. The van der Waals surface area contributed by atoms with Gasteiger partial charge in [0.25, 0.3) is 6.43 Å². The molecule has 0 saturated carbocycles. The normalized spacial score (nSPS) is 10.7. The van der Waals surface area contributed by atoms with Gasteiger partial charge in [0.1, 0.15) is 0 Å². The molecule has 13 heavy (non-hydrogen) atoms. The molecule has 0 spiro atoms. The van der Waals surface area contributed by atoms with Crippen LogP contribution < -0.4 is 0 Å². The summed E-state index contributed by atoms with van der Waals surface area (Å²) in [7, 11) is 0. The van der Waals surface area contributed by atoms with Crippen molar-refractivity contribution in [1.82, 2.24) is 4.57 Å². The van der Waals surface area contributed by atoms with Gasteiger partial charge in [0.2, 0.25) is 0 Å². The summed E-state index contributed by atoms with van der Waals surface area (Å²) >= 11 is 0. The van der Waals surface area contributed by atoms with Crippen molar-refractivity contribution in [1.29, 1.82) is 0 Å². The zero-order valence-corrected chi connectivity index (χ0v) is 6.78. The molecule has 1 rings (SSSR count). The first-order valence-electron chi connectivity index (χ1n) is 3.73. The van der Waals surface area contributed by atoms with Crippen LogP contribution in [0.25, 0.3) is 0 Å². The van der Waals surface area contributed by atoms with Gasteiger partial charge in [-0.2, -0.15) is 0 Å². The van der Waals surface area contributed by atoms with E-state index in [1.807, 2.05) is 0 Å². The van der Waals surface area contributed by atoms with Gasteiger partial charge in [-0.25, -0.2) is 8.78 Å². The zero-order valence-electron chi connectivity index (χ0n) is 6.78. The van der Waals surface area contributed by atoms with E-state index in [0.717, 1.165) is 0 Å². The number of nitrogens with zero attached hydrogens (tertiary/aromatic N) is 1. The second-order valence-corrected chi connectivity index (χ2v) is 2.61. The van der Waals surface area contributed by atoms with E-state index >= 15 is 0 Å². The maximum Gasteiger partial charge on any atom is 0.309 e. The fourth-order valence-corrected chi connectivity index (χ4v) is 1.09. The molecule has 0 atom stereocenters. The molecule has 0 radical (unpaired) electrons. The number of hydrogen-bond acceptors (Lipinski definition) is 1. The quantitative estimate of drug-likeness (QED) is 0.777. The van der Waals surface area contributed by atoms with Crippen LogP contribution in [0.3, 0.4) is 0 Å². The SMILES string of the molecule is O=C(O)Cc1cccn1CC(F)F. The summed E-state index contributed by atoms with van der Waals surface area (Å²) in [5, 5.41) is 8.44. The van der Waals surface area contributed by atoms with Gasteiger partial charge in [-0.3, -0.25) is 4.79 Å². The zero-order chi connectivity index (χ0) is 9.84. The topological polar surface area (TPSA) is 42.2 Å². The number of aliphatic carboxylic acids is 1. The Morgan fingerprint density at radius 2 is 2.31 bits per heavy atom. The lowest BCUT2D eigenvalue weighted by molar-refractivity contribution is -0.136. The van der Waals surface area contributed by atoms with Crippen molar-refractivity contribution in [3.8, 4) is 0 Å². The molecule has 0 aliphatic carbocycles. The fourth-order valence-electron chi connectivity index (χ4n) is 1.09. The van der Waals surface area contributed by atoms with E-state index in [1.165, 1.54) is 16.8 Å². The molecule has 3 nitrogen and oxygen atoms in total. The first-order chi connectivity index (χ1) is 6.09. The van der Waals surface area contributed by atoms with Crippen LogP contribution in [-0.4, -0.2) is 22.1 Å². The number of aromatic nitrogens is 1. The van der Waals surface area contributed by atoms with Crippen molar-refractivity contribution in [3.05, 3.63) is 24.0 Å². The van der Waals surface area contributed by atoms with Crippen LogP contribution in [0.2, 0.25) is 0 Å². The monoisotopic (exact) mass is 189 g/mol. The summed E-state index contributed by atoms with van der Waals surface area (Å²) in [6.45, 7) is -0.449. The number of carboxylic acid groups (broad SMARTS) is 1. The van der Waals surface area contributed by atoms with Crippen molar-refractivity contribution in [3.63, 3.8) is 0 Å². The van der Waals surface area contributed by atoms with E-state index in [0.29, 0.717) is 5.69 Å². The Hall–Kier alpha value is -1.39. The molecule has 0 unspecified atom stereocenters. The van der Waals surface area contributed by atoms with Crippen LogP contribution in [0.5, 0.6) is 0 Å². The minimum atomic E-state index is -2.46. The lowest BCUT2D eigenvalue weighted by atomic mass is 10.3. The molecule has 1 heterocycles. The summed E-state index contributed by atoms with van der Waals surface area (Å²) in [5.74, 6) is -1.02. The van der Waals surface area contributed by atoms with E-state index < -0.39 is 18.9 Å². The van der Waals surface area contributed by atoms with E-state index in [-0.39, 0.29) is 6.42 Å². The molecule has 0 amide bonds. The predicted octanol–water partition coefficient (Wildman–Crippen LogP) is 1.38. The summed E-state index contributed by atoms with van der Waals surface area (Å²) in [5.41, 5.74) is 0.396. The Morgan fingerprint density at radius 1 is 1.62 bits per heavy atom. The molecule has 0 fully saturated rings. The maximum absolute atomic E-state index is 11.9. The maximum atomic E-state index is 11.9. The van der Waals surface area contributed by atoms with Crippen LogP contribution in [0.15, 0.2) is 18.3 Å². The lowest BCUT2D eigenvalue weighted by Crippen LogP contribution is -2.11. The number of rotatable bonds is 4. The Labute approximate surface area is 73.6 Å². The molecular formula is C8H9F2NO2. The molecule has 0 aromatic carbocycles. The van der Waals surface area contributed by atoms with Crippen molar-refractivity contribution in [2.45, 2.75) is 19.4 Å². The van der Waals surface area contributed by atoms with E-state index in [2.05, 4.69) is 0 Å². The molecule has 0 bridgehead atoms. The number of alkyl halides is 2. The molecule has 1 aromatic rings. The third-order valence-electron chi connectivity index (χ3n) is 1.59. The highest BCUT2D eigenvalue weighted by atomic mass is 19.3. The van der Waals surface area contributed by atoms with Crippen LogP contribution in [0.1, 0.15) is 5.69 Å². The number of halogens is 2. The van der Waals surface area contributed by atoms with Crippen LogP contribution in [0, 0.1) is 0 Å². The van der Waals surface area contributed by atoms with Gasteiger partial charge in [-0.1, -0.05) is 0 Å². The standard InChI is InChI=1S/C8H9F2NO2/c9-7(10)5-11-3-1-2-6(11)4-8(12)13/h1-3,7H,4-5H2,(H,12,13). The van der Waals surface area contributed by atoms with Crippen molar-refractivity contribution < 1.29 is 18.7 Å². The largest absolute Gasteiger partial charge is 0.481 e. The Morgan fingerprint density at radius 3 is 2.85 bits per heavy atom. The highest BCUT2D eigenvalue weighted by molar-refractivity contribution is 5.69. The van der Waals surface area contributed by atoms with Gasteiger partial charge < -0.3 is 9.67 Å². The number of carboxylic acids is 1. The molecule has 0 saturated heterocycles. The Kier molecular flexibility index (Phi) is 3.00. The highest BCUT2D eigenvalue weighted by Gasteiger charge is 2.09. The summed E-state index contributed by atoms with van der Waals surface area (Å²) in [6.07, 6.45) is -1.23. The van der Waals surface area contributed by atoms with Crippen LogP contribution >= 0.6 is 0 Å². The lowest BCUT2D eigenvalue weighted by Gasteiger charge is -2.05. The van der Waals surface area contributed by atoms with Gasteiger partial charge in [-0.15, -0.1) is 0 Å². The van der Waals surface area contributed by atoms with Gasteiger partial charge in [0, 0.05) is 11.9 Å². The molecular weight excluding hydrogens is 180 g/mol. The van der Waals surface area contributed by atoms with Crippen LogP contribution in [0.4, 0.5) is 8.78 Å². The average molecular weight is 189 g/mol.